The van der Waals surface area contributed by atoms with E-state index < -0.39 is 60.3 Å². The molecule has 1 rings (SSSR count). The third-order valence-corrected chi connectivity index (χ3v) is 5.67. The number of carboxylic acid groups (broad SMARTS) is 1. The van der Waals surface area contributed by atoms with Crippen LogP contribution >= 0.6 is 0 Å². The van der Waals surface area contributed by atoms with E-state index in [1.807, 2.05) is 0 Å². The van der Waals surface area contributed by atoms with Gasteiger partial charge in [-0.3, -0.25) is 29.2 Å². The van der Waals surface area contributed by atoms with Crippen LogP contribution in [0.1, 0.15) is 38.3 Å². The summed E-state index contributed by atoms with van der Waals surface area (Å²) < 4.78 is 0. The van der Waals surface area contributed by atoms with Gasteiger partial charge < -0.3 is 60.0 Å². The zero-order chi connectivity index (χ0) is 31.7. The predicted octanol–water partition coefficient (Wildman–Crippen LogP) is -4.94. The number of H-pyrrole nitrogens is 1. The van der Waals surface area contributed by atoms with Crippen LogP contribution in [0.4, 0.5) is 0 Å². The highest BCUT2D eigenvalue weighted by molar-refractivity contribution is 5.94. The topological polar surface area (TPSA) is 337 Å². The number of aromatic nitrogens is 2. The average molecular weight is 596 g/mol. The number of rotatable bonds is 19. The number of aliphatic imine (C=N–C) groups is 2. The highest BCUT2D eigenvalue weighted by Crippen LogP contribution is 2.02. The second-order valence-electron chi connectivity index (χ2n) is 9.25. The molecule has 4 atom stereocenters. The predicted molar refractivity (Wildman–Crippen MR) is 152 cm³/mol. The van der Waals surface area contributed by atoms with Crippen LogP contribution in [0.2, 0.25) is 0 Å². The fourth-order valence-electron chi connectivity index (χ4n) is 3.46. The smallest absolute Gasteiger partial charge is 0.326 e. The van der Waals surface area contributed by atoms with Crippen molar-refractivity contribution in [3.8, 4) is 0 Å². The van der Waals surface area contributed by atoms with Crippen molar-refractivity contribution in [2.45, 2.75) is 63.2 Å². The van der Waals surface area contributed by atoms with Crippen molar-refractivity contribution in [2.24, 2.45) is 38.7 Å². The van der Waals surface area contributed by atoms with E-state index in [-0.39, 0.29) is 50.7 Å². The van der Waals surface area contributed by atoms with Crippen LogP contribution in [0.15, 0.2) is 22.5 Å². The highest BCUT2D eigenvalue weighted by atomic mass is 16.4. The second-order valence-corrected chi connectivity index (χ2v) is 9.25. The van der Waals surface area contributed by atoms with E-state index in [9.17, 15) is 29.1 Å². The van der Waals surface area contributed by atoms with Gasteiger partial charge >= 0.3 is 5.97 Å². The standard InChI is InChI=1S/C23H41N13O6/c1-12(34-19(39)14(24)4-2-6-30-22(25)26)18(38)36-15(5-3-7-31-23(27)28)20(40)32-10-17(37)35-16(21(41)42)8-13-9-29-11-33-13/h9,11-12,14-16H,2-8,10,24H2,1H3,(H,29,33)(H,32,40)(H,34,39)(H,35,37)(H,36,38)(H,41,42)(H4,25,26,30)(H4,27,28,31)/t12?,14-,15-,16-/m0/s1. The summed E-state index contributed by atoms with van der Waals surface area (Å²) in [7, 11) is 0. The lowest BCUT2D eigenvalue weighted by atomic mass is 10.1. The van der Waals surface area contributed by atoms with E-state index in [2.05, 4.69) is 41.2 Å². The number of nitrogens with zero attached hydrogens (tertiary/aromatic N) is 3. The van der Waals surface area contributed by atoms with Gasteiger partial charge in [-0.1, -0.05) is 0 Å². The first-order valence-electron chi connectivity index (χ1n) is 13.0. The molecule has 0 saturated carbocycles. The molecular weight excluding hydrogens is 554 g/mol. The molecule has 0 aliphatic rings. The molecule has 0 fully saturated rings. The van der Waals surface area contributed by atoms with E-state index in [1.165, 1.54) is 19.4 Å². The van der Waals surface area contributed by atoms with Crippen LogP contribution in [0.5, 0.6) is 0 Å². The summed E-state index contributed by atoms with van der Waals surface area (Å²) in [6.45, 7) is 1.30. The van der Waals surface area contributed by atoms with E-state index in [1.54, 1.807) is 0 Å². The number of nitrogens with two attached hydrogens (primary N) is 5. The Hall–Kier alpha value is -4.94. The molecule has 1 aromatic rings. The minimum Gasteiger partial charge on any atom is -0.480 e. The fourth-order valence-corrected chi connectivity index (χ4v) is 3.46. The lowest BCUT2D eigenvalue weighted by Crippen LogP contribution is -2.55. The van der Waals surface area contributed by atoms with Crippen molar-refractivity contribution in [2.75, 3.05) is 19.6 Å². The summed E-state index contributed by atoms with van der Waals surface area (Å²) in [5, 5.41) is 19.1. The number of guanidine groups is 2. The first-order valence-corrected chi connectivity index (χ1v) is 13.0. The molecule has 42 heavy (non-hydrogen) atoms. The van der Waals surface area contributed by atoms with Gasteiger partial charge in [-0.2, -0.15) is 0 Å². The third-order valence-electron chi connectivity index (χ3n) is 5.67. The largest absolute Gasteiger partial charge is 0.480 e. The minimum absolute atomic E-state index is 0.0535. The quantitative estimate of drug-likeness (QED) is 0.0407. The van der Waals surface area contributed by atoms with E-state index in [4.69, 9.17) is 28.7 Å². The number of carboxylic acids is 1. The molecule has 0 saturated heterocycles. The Kier molecular flexibility index (Phi) is 15.4. The molecule has 19 heteroatoms. The fraction of sp³-hybridized carbons (Fsp3) is 0.565. The van der Waals surface area contributed by atoms with Crippen molar-refractivity contribution in [3.05, 3.63) is 18.2 Å². The number of amides is 4. The third kappa shape index (κ3) is 14.4. The summed E-state index contributed by atoms with van der Waals surface area (Å²) >= 11 is 0. The SMILES string of the molecule is CC(NC(=O)[C@@H](N)CCCN=C(N)N)C(=O)N[C@@H](CCCN=C(N)N)C(=O)NCC(=O)N[C@@H](Cc1cnc[nH]1)C(=O)O. The Morgan fingerprint density at radius 2 is 1.52 bits per heavy atom. The zero-order valence-electron chi connectivity index (χ0n) is 23.3. The van der Waals surface area contributed by atoms with Gasteiger partial charge in [0.1, 0.15) is 18.1 Å². The van der Waals surface area contributed by atoms with Gasteiger partial charge in [0.2, 0.25) is 23.6 Å². The molecule has 1 heterocycles. The number of aliphatic carboxylic acids is 1. The van der Waals surface area contributed by atoms with Crippen LogP contribution in [-0.2, 0) is 30.4 Å². The van der Waals surface area contributed by atoms with Crippen molar-refractivity contribution in [1.82, 2.24) is 31.2 Å². The lowest BCUT2D eigenvalue weighted by Gasteiger charge is -2.22. The Morgan fingerprint density at radius 3 is 2.07 bits per heavy atom. The summed E-state index contributed by atoms with van der Waals surface area (Å²) in [6.07, 6.45) is 3.81. The average Bonchev–Trinajstić information content (AvgIpc) is 3.43. The van der Waals surface area contributed by atoms with Gasteiger partial charge in [-0.15, -0.1) is 0 Å². The highest BCUT2D eigenvalue weighted by Gasteiger charge is 2.26. The Bertz CT molecular complexity index is 1100. The van der Waals surface area contributed by atoms with E-state index >= 15 is 0 Å². The molecule has 4 amide bonds. The number of hydrogen-bond donors (Lipinski definition) is 11. The van der Waals surface area contributed by atoms with Gasteiger partial charge in [-0.05, 0) is 32.6 Å². The van der Waals surface area contributed by atoms with Gasteiger partial charge in [0.05, 0.1) is 18.9 Å². The minimum atomic E-state index is -1.28. The number of carbonyl (C=O) groups excluding carboxylic acids is 4. The van der Waals surface area contributed by atoms with Crippen molar-refractivity contribution >= 4 is 41.5 Å². The number of hydrogen-bond acceptors (Lipinski definition) is 9. The summed E-state index contributed by atoms with van der Waals surface area (Å²) in [5.74, 6) is -4.27. The molecule has 19 nitrogen and oxygen atoms in total. The molecule has 0 aliphatic carbocycles. The van der Waals surface area contributed by atoms with Gasteiger partial charge in [0.25, 0.3) is 0 Å². The monoisotopic (exact) mass is 595 g/mol. The maximum Gasteiger partial charge on any atom is 0.326 e. The first kappa shape index (κ1) is 35.1. The molecule has 0 radical (unpaired) electrons. The van der Waals surface area contributed by atoms with Gasteiger partial charge in [0.15, 0.2) is 11.9 Å². The van der Waals surface area contributed by atoms with Crippen molar-refractivity contribution in [1.29, 1.82) is 0 Å². The molecule has 0 spiro atoms. The lowest BCUT2D eigenvalue weighted by molar-refractivity contribution is -0.141. The van der Waals surface area contributed by atoms with Crippen LogP contribution in [0.25, 0.3) is 0 Å². The maximum absolute atomic E-state index is 12.9. The molecule has 0 aromatic carbocycles. The summed E-state index contributed by atoms with van der Waals surface area (Å²) in [5.41, 5.74) is 27.5. The molecule has 16 N–H and O–H groups in total. The van der Waals surface area contributed by atoms with Gasteiger partial charge in [0, 0.05) is 31.4 Å². The van der Waals surface area contributed by atoms with Crippen molar-refractivity contribution < 1.29 is 29.1 Å². The molecule has 0 aliphatic heterocycles. The van der Waals surface area contributed by atoms with Crippen LogP contribution < -0.4 is 49.9 Å². The summed E-state index contributed by atoms with van der Waals surface area (Å²) in [4.78, 5) is 76.1. The normalized spacial score (nSPS) is 13.4. The Labute approximate surface area is 241 Å². The Morgan fingerprint density at radius 1 is 0.905 bits per heavy atom. The molecule has 1 unspecified atom stereocenters. The number of carbonyl (C=O) groups is 5. The molecule has 1 aromatic heterocycles. The van der Waals surface area contributed by atoms with E-state index in [0.717, 1.165) is 0 Å². The van der Waals surface area contributed by atoms with Gasteiger partial charge in [-0.25, -0.2) is 9.78 Å². The second kappa shape index (κ2) is 18.4. The Balaban J connectivity index is 2.72. The van der Waals surface area contributed by atoms with Crippen LogP contribution in [0, 0.1) is 0 Å². The number of aromatic amines is 1. The molecule has 234 valence electrons. The van der Waals surface area contributed by atoms with E-state index in [0.29, 0.717) is 12.1 Å². The summed E-state index contributed by atoms with van der Waals surface area (Å²) in [6, 6.07) is -4.38. The van der Waals surface area contributed by atoms with Crippen molar-refractivity contribution in [3.63, 3.8) is 0 Å². The maximum atomic E-state index is 12.9. The number of imidazole rings is 1. The van der Waals surface area contributed by atoms with Crippen LogP contribution in [-0.4, -0.2) is 100 Å². The zero-order valence-corrected chi connectivity index (χ0v) is 23.3. The first-order chi connectivity index (χ1) is 19.8. The van der Waals surface area contributed by atoms with Crippen LogP contribution in [0.3, 0.4) is 0 Å². The molecular formula is C23H41N13O6. The number of nitrogens with one attached hydrogen (secondary N) is 5. The molecule has 0 bridgehead atoms.